The van der Waals surface area contributed by atoms with Gasteiger partial charge >= 0.3 is 6.18 Å². The van der Waals surface area contributed by atoms with E-state index in [0.717, 1.165) is 6.07 Å². The standard InChI is InChI=1S/C10H11F3N2O.C2H6/c11-10(12,13)8-3-6(14)1-2-9(8)15-4-7(16)5-15;1-2/h1-3,7,16H,4-5,14H2;1-2H3. The molecule has 18 heavy (non-hydrogen) atoms. The summed E-state index contributed by atoms with van der Waals surface area (Å²) < 4.78 is 38.1. The van der Waals surface area contributed by atoms with Crippen molar-refractivity contribution in [1.29, 1.82) is 0 Å². The number of hydrogen-bond acceptors (Lipinski definition) is 3. The summed E-state index contributed by atoms with van der Waals surface area (Å²) in [5, 5.41) is 9.08. The third kappa shape index (κ3) is 3.07. The molecule has 0 aliphatic carbocycles. The number of rotatable bonds is 1. The summed E-state index contributed by atoms with van der Waals surface area (Å²) in [6.45, 7) is 4.46. The lowest BCUT2D eigenvalue weighted by Gasteiger charge is -2.39. The van der Waals surface area contributed by atoms with Gasteiger partial charge in [0.1, 0.15) is 0 Å². The van der Waals surface area contributed by atoms with Crippen LogP contribution in [0.1, 0.15) is 19.4 Å². The van der Waals surface area contributed by atoms with Crippen molar-refractivity contribution in [3.05, 3.63) is 23.8 Å². The van der Waals surface area contributed by atoms with Crippen LogP contribution in [0.25, 0.3) is 0 Å². The monoisotopic (exact) mass is 262 g/mol. The van der Waals surface area contributed by atoms with Crippen LogP contribution in [0.15, 0.2) is 18.2 Å². The molecular formula is C12H17F3N2O. The number of halogens is 3. The van der Waals surface area contributed by atoms with Gasteiger partial charge < -0.3 is 15.7 Å². The third-order valence-electron chi connectivity index (χ3n) is 2.53. The number of anilines is 2. The summed E-state index contributed by atoms with van der Waals surface area (Å²) in [5.74, 6) is 0. The van der Waals surface area contributed by atoms with Crippen LogP contribution in [-0.4, -0.2) is 24.3 Å². The van der Waals surface area contributed by atoms with E-state index in [-0.39, 0.29) is 24.5 Å². The number of benzene rings is 1. The fourth-order valence-corrected chi connectivity index (χ4v) is 1.71. The number of alkyl halides is 3. The molecule has 2 rings (SSSR count). The average Bonchev–Trinajstić information content (AvgIpc) is 2.27. The Morgan fingerprint density at radius 2 is 1.83 bits per heavy atom. The van der Waals surface area contributed by atoms with E-state index in [2.05, 4.69) is 0 Å². The van der Waals surface area contributed by atoms with Crippen molar-refractivity contribution >= 4 is 11.4 Å². The second-order valence-electron chi connectivity index (χ2n) is 3.83. The number of nitrogens with zero attached hydrogens (tertiary/aromatic N) is 1. The summed E-state index contributed by atoms with van der Waals surface area (Å²) in [6.07, 6.45) is -4.97. The van der Waals surface area contributed by atoms with Gasteiger partial charge in [0.05, 0.1) is 11.7 Å². The Morgan fingerprint density at radius 1 is 1.28 bits per heavy atom. The zero-order valence-electron chi connectivity index (χ0n) is 10.3. The van der Waals surface area contributed by atoms with Gasteiger partial charge in [-0.05, 0) is 18.2 Å². The van der Waals surface area contributed by atoms with E-state index >= 15 is 0 Å². The highest BCUT2D eigenvalue weighted by Gasteiger charge is 2.37. The zero-order valence-corrected chi connectivity index (χ0v) is 10.3. The molecule has 3 nitrogen and oxygen atoms in total. The van der Waals surface area contributed by atoms with E-state index in [4.69, 9.17) is 10.8 Å². The van der Waals surface area contributed by atoms with Crippen LogP contribution in [0.3, 0.4) is 0 Å². The zero-order chi connectivity index (χ0) is 13.9. The summed E-state index contributed by atoms with van der Waals surface area (Å²) in [5.41, 5.74) is 4.75. The van der Waals surface area contributed by atoms with Gasteiger partial charge in [-0.15, -0.1) is 0 Å². The van der Waals surface area contributed by atoms with Gasteiger partial charge in [0, 0.05) is 24.5 Å². The normalized spacial score (nSPS) is 15.8. The van der Waals surface area contributed by atoms with E-state index in [1.54, 1.807) is 0 Å². The average molecular weight is 262 g/mol. The van der Waals surface area contributed by atoms with E-state index < -0.39 is 17.8 Å². The molecule has 0 radical (unpaired) electrons. The number of aliphatic hydroxyl groups is 1. The van der Waals surface area contributed by atoms with Gasteiger partial charge in [0.25, 0.3) is 0 Å². The summed E-state index contributed by atoms with van der Waals surface area (Å²) in [6, 6.07) is 3.68. The molecule has 0 bridgehead atoms. The number of hydrogen-bond donors (Lipinski definition) is 2. The van der Waals surface area contributed by atoms with Crippen molar-refractivity contribution < 1.29 is 18.3 Å². The lowest BCUT2D eigenvalue weighted by atomic mass is 10.1. The molecule has 0 spiro atoms. The highest BCUT2D eigenvalue weighted by Crippen LogP contribution is 2.39. The molecule has 0 amide bonds. The van der Waals surface area contributed by atoms with Crippen LogP contribution >= 0.6 is 0 Å². The van der Waals surface area contributed by atoms with Crippen molar-refractivity contribution in [3.63, 3.8) is 0 Å². The van der Waals surface area contributed by atoms with E-state index in [1.165, 1.54) is 17.0 Å². The number of β-amino-alcohol motifs (C(OH)–C–C–N with tert-alkyl or cyclic N) is 1. The Morgan fingerprint density at radius 3 is 2.28 bits per heavy atom. The topological polar surface area (TPSA) is 49.5 Å². The van der Waals surface area contributed by atoms with Crippen LogP contribution in [-0.2, 0) is 6.18 Å². The molecule has 0 unspecified atom stereocenters. The molecule has 1 saturated heterocycles. The quantitative estimate of drug-likeness (QED) is 0.764. The van der Waals surface area contributed by atoms with Gasteiger partial charge in [0.2, 0.25) is 0 Å². The second kappa shape index (κ2) is 5.48. The van der Waals surface area contributed by atoms with Gasteiger partial charge in [-0.25, -0.2) is 0 Å². The summed E-state index contributed by atoms with van der Waals surface area (Å²) in [7, 11) is 0. The van der Waals surface area contributed by atoms with E-state index in [0.29, 0.717) is 0 Å². The molecule has 102 valence electrons. The van der Waals surface area contributed by atoms with E-state index in [1.807, 2.05) is 13.8 Å². The molecule has 1 aromatic rings. The first kappa shape index (κ1) is 14.6. The predicted molar refractivity (Wildman–Crippen MR) is 65.4 cm³/mol. The first-order valence-electron chi connectivity index (χ1n) is 5.77. The van der Waals surface area contributed by atoms with Crippen molar-refractivity contribution in [1.82, 2.24) is 0 Å². The Bertz CT molecular complexity index is 401. The highest BCUT2D eigenvalue weighted by atomic mass is 19.4. The van der Waals surface area contributed by atoms with Crippen molar-refractivity contribution in [3.8, 4) is 0 Å². The molecule has 6 heteroatoms. The minimum absolute atomic E-state index is 0.0759. The van der Waals surface area contributed by atoms with Gasteiger partial charge in [-0.3, -0.25) is 0 Å². The van der Waals surface area contributed by atoms with Gasteiger partial charge in [0.15, 0.2) is 0 Å². The van der Waals surface area contributed by atoms with Crippen molar-refractivity contribution in [2.45, 2.75) is 26.1 Å². The molecule has 3 N–H and O–H groups in total. The molecule has 1 fully saturated rings. The molecule has 0 atom stereocenters. The van der Waals surface area contributed by atoms with Crippen LogP contribution in [0.4, 0.5) is 24.5 Å². The minimum Gasteiger partial charge on any atom is -0.399 e. The third-order valence-corrected chi connectivity index (χ3v) is 2.53. The molecule has 1 aliphatic heterocycles. The maximum atomic E-state index is 12.7. The smallest absolute Gasteiger partial charge is 0.399 e. The summed E-state index contributed by atoms with van der Waals surface area (Å²) >= 11 is 0. The Kier molecular flexibility index (Phi) is 4.45. The van der Waals surface area contributed by atoms with Crippen molar-refractivity contribution in [2.75, 3.05) is 23.7 Å². The first-order chi connectivity index (χ1) is 8.38. The molecule has 0 saturated carbocycles. The first-order valence-corrected chi connectivity index (χ1v) is 5.77. The lowest BCUT2D eigenvalue weighted by Crippen LogP contribution is -2.51. The Balaban J connectivity index is 0.000000771. The Hall–Kier alpha value is -1.43. The number of nitrogen functional groups attached to an aromatic ring is 1. The molecule has 1 aliphatic rings. The van der Waals surface area contributed by atoms with E-state index in [9.17, 15) is 13.2 Å². The van der Waals surface area contributed by atoms with Crippen LogP contribution in [0, 0.1) is 0 Å². The fraction of sp³-hybridized carbons (Fsp3) is 0.500. The number of aliphatic hydroxyl groups excluding tert-OH is 1. The molecule has 1 heterocycles. The van der Waals surface area contributed by atoms with Crippen LogP contribution in [0.5, 0.6) is 0 Å². The van der Waals surface area contributed by atoms with Crippen LogP contribution < -0.4 is 10.6 Å². The van der Waals surface area contributed by atoms with Gasteiger partial charge in [-0.2, -0.15) is 13.2 Å². The molecular weight excluding hydrogens is 245 g/mol. The minimum atomic E-state index is -4.43. The fourth-order valence-electron chi connectivity index (χ4n) is 1.71. The lowest BCUT2D eigenvalue weighted by molar-refractivity contribution is -0.137. The van der Waals surface area contributed by atoms with Crippen LogP contribution in [0.2, 0.25) is 0 Å². The SMILES string of the molecule is CC.Nc1ccc(N2CC(O)C2)c(C(F)(F)F)c1. The Labute approximate surface area is 104 Å². The van der Waals surface area contributed by atoms with Crippen molar-refractivity contribution in [2.24, 2.45) is 0 Å². The van der Waals surface area contributed by atoms with Gasteiger partial charge in [-0.1, -0.05) is 13.8 Å². The number of nitrogens with two attached hydrogens (primary N) is 1. The largest absolute Gasteiger partial charge is 0.418 e. The summed E-state index contributed by atoms with van der Waals surface area (Å²) in [4.78, 5) is 1.48. The highest BCUT2D eigenvalue weighted by molar-refractivity contribution is 5.62. The second-order valence-corrected chi connectivity index (χ2v) is 3.83. The molecule has 1 aromatic carbocycles. The molecule has 0 aromatic heterocycles. The maximum absolute atomic E-state index is 12.7. The maximum Gasteiger partial charge on any atom is 0.418 e. The predicted octanol–water partition coefficient (Wildman–Crippen LogP) is 2.49.